The normalized spacial score (nSPS) is 21.3. The summed E-state index contributed by atoms with van der Waals surface area (Å²) in [4.78, 5) is 13.6. The van der Waals surface area contributed by atoms with Gasteiger partial charge in [0.15, 0.2) is 9.84 Å². The van der Waals surface area contributed by atoms with Crippen LogP contribution in [0.1, 0.15) is 16.8 Å². The van der Waals surface area contributed by atoms with Gasteiger partial charge in [0, 0.05) is 13.1 Å². The van der Waals surface area contributed by atoms with Crippen LogP contribution in [-0.2, 0) is 9.84 Å². The Morgan fingerprint density at radius 2 is 2.16 bits per heavy atom. The average molecular weight is 306 g/mol. The van der Waals surface area contributed by atoms with E-state index in [1.165, 1.54) is 18.0 Å². The van der Waals surface area contributed by atoms with Crippen LogP contribution < -0.4 is 0 Å². The fourth-order valence-electron chi connectivity index (χ4n) is 2.10. The van der Waals surface area contributed by atoms with Crippen molar-refractivity contribution in [3.05, 3.63) is 34.6 Å². The van der Waals surface area contributed by atoms with Gasteiger partial charge in [0.25, 0.3) is 5.91 Å². The molecule has 1 aliphatic rings. The average Bonchev–Trinajstić information content (AvgIpc) is 2.68. The maximum atomic E-state index is 12.9. The molecule has 1 aromatic carbocycles. The lowest BCUT2D eigenvalue weighted by atomic mass is 10.1. The second-order valence-corrected chi connectivity index (χ2v) is 7.23. The summed E-state index contributed by atoms with van der Waals surface area (Å²) in [6, 6.07) is 3.17. The van der Waals surface area contributed by atoms with Gasteiger partial charge in [-0.15, -0.1) is 0 Å². The molecular weight excluding hydrogens is 293 g/mol. The zero-order valence-corrected chi connectivity index (χ0v) is 11.8. The first-order chi connectivity index (χ1) is 8.80. The Morgan fingerprint density at radius 1 is 1.47 bits per heavy atom. The maximum absolute atomic E-state index is 12.9. The lowest BCUT2D eigenvalue weighted by Crippen LogP contribution is -2.37. The predicted octanol–water partition coefficient (Wildman–Crippen LogP) is 1.74. The molecule has 0 aliphatic carbocycles. The van der Waals surface area contributed by atoms with Crippen molar-refractivity contribution >= 4 is 27.3 Å². The molecular formula is C12H13ClFNO3S. The second kappa shape index (κ2) is 5.09. The van der Waals surface area contributed by atoms with Crippen molar-refractivity contribution in [2.45, 2.75) is 12.5 Å². The van der Waals surface area contributed by atoms with Crippen molar-refractivity contribution in [2.75, 3.05) is 18.6 Å². The molecule has 2 rings (SSSR count). The molecule has 1 heterocycles. The zero-order chi connectivity index (χ0) is 14.2. The molecule has 0 bridgehead atoms. The summed E-state index contributed by atoms with van der Waals surface area (Å²) in [5.41, 5.74) is 0.176. The van der Waals surface area contributed by atoms with E-state index in [0.717, 1.165) is 12.1 Å². The van der Waals surface area contributed by atoms with E-state index >= 15 is 0 Å². The second-order valence-electron chi connectivity index (χ2n) is 4.60. The van der Waals surface area contributed by atoms with Gasteiger partial charge in [0.2, 0.25) is 0 Å². The molecule has 1 aromatic rings. The first kappa shape index (κ1) is 14.3. The van der Waals surface area contributed by atoms with Crippen LogP contribution in [0.25, 0.3) is 0 Å². The van der Waals surface area contributed by atoms with Crippen LogP contribution in [0.15, 0.2) is 18.2 Å². The molecule has 0 spiro atoms. The molecule has 1 aliphatic heterocycles. The smallest absolute Gasteiger partial charge is 0.255 e. The third-order valence-electron chi connectivity index (χ3n) is 3.24. The molecule has 0 aromatic heterocycles. The topological polar surface area (TPSA) is 54.5 Å². The fourth-order valence-corrected chi connectivity index (χ4v) is 4.12. The number of rotatable bonds is 2. The van der Waals surface area contributed by atoms with Crippen LogP contribution >= 0.6 is 11.6 Å². The molecule has 0 saturated carbocycles. The third kappa shape index (κ3) is 3.06. The Hall–Kier alpha value is -1.14. The molecule has 0 radical (unpaired) electrons. The Morgan fingerprint density at radius 3 is 2.68 bits per heavy atom. The summed E-state index contributed by atoms with van der Waals surface area (Å²) in [7, 11) is -1.52. The van der Waals surface area contributed by atoms with Crippen molar-refractivity contribution in [3.8, 4) is 0 Å². The van der Waals surface area contributed by atoms with E-state index in [-0.39, 0.29) is 28.1 Å². The Bertz CT molecular complexity index is 617. The first-order valence-corrected chi connectivity index (χ1v) is 7.93. The van der Waals surface area contributed by atoms with Crippen LogP contribution in [0.4, 0.5) is 4.39 Å². The van der Waals surface area contributed by atoms with Crippen LogP contribution in [0, 0.1) is 5.82 Å². The third-order valence-corrected chi connectivity index (χ3v) is 5.30. The summed E-state index contributed by atoms with van der Waals surface area (Å²) in [5.74, 6) is -0.861. The lowest BCUT2D eigenvalue weighted by molar-refractivity contribution is 0.0748. The van der Waals surface area contributed by atoms with E-state index < -0.39 is 21.6 Å². The van der Waals surface area contributed by atoms with Crippen molar-refractivity contribution in [1.82, 2.24) is 4.90 Å². The highest BCUT2D eigenvalue weighted by Gasteiger charge is 2.33. The molecule has 7 heteroatoms. The molecule has 1 unspecified atom stereocenters. The van der Waals surface area contributed by atoms with E-state index in [0.29, 0.717) is 6.42 Å². The quantitative estimate of drug-likeness (QED) is 0.836. The number of amides is 1. The Kier molecular flexibility index (Phi) is 3.82. The lowest BCUT2D eigenvalue weighted by Gasteiger charge is -2.23. The summed E-state index contributed by atoms with van der Waals surface area (Å²) >= 11 is 5.83. The summed E-state index contributed by atoms with van der Waals surface area (Å²) in [5, 5.41) is 0.0257. The number of hydrogen-bond acceptors (Lipinski definition) is 3. The van der Waals surface area contributed by atoms with Crippen LogP contribution in [0.5, 0.6) is 0 Å². The SMILES string of the molecule is CN(C(=O)c1ccc(F)cc1Cl)C1CCS(=O)(=O)C1. The van der Waals surface area contributed by atoms with E-state index in [1.54, 1.807) is 0 Å². The van der Waals surface area contributed by atoms with Crippen LogP contribution in [-0.4, -0.2) is 43.8 Å². The van der Waals surface area contributed by atoms with Gasteiger partial charge in [-0.2, -0.15) is 0 Å². The molecule has 0 N–H and O–H groups in total. The number of sulfone groups is 1. The highest BCUT2D eigenvalue weighted by molar-refractivity contribution is 7.91. The number of halogens is 2. The van der Waals surface area contributed by atoms with E-state index in [1.807, 2.05) is 0 Å². The maximum Gasteiger partial charge on any atom is 0.255 e. The minimum absolute atomic E-state index is 0.0257. The highest BCUT2D eigenvalue weighted by atomic mass is 35.5. The van der Waals surface area contributed by atoms with Gasteiger partial charge in [-0.1, -0.05) is 11.6 Å². The molecule has 104 valence electrons. The largest absolute Gasteiger partial charge is 0.338 e. The molecule has 4 nitrogen and oxygen atoms in total. The molecule has 19 heavy (non-hydrogen) atoms. The van der Waals surface area contributed by atoms with Gasteiger partial charge in [-0.3, -0.25) is 4.79 Å². The van der Waals surface area contributed by atoms with Gasteiger partial charge in [0.05, 0.1) is 22.1 Å². The number of hydrogen-bond donors (Lipinski definition) is 0. The minimum atomic E-state index is -3.06. The molecule has 1 amide bonds. The summed E-state index contributed by atoms with van der Waals surface area (Å²) in [6.07, 6.45) is 0.420. The van der Waals surface area contributed by atoms with Crippen molar-refractivity contribution < 1.29 is 17.6 Å². The number of carbonyl (C=O) groups is 1. The number of carbonyl (C=O) groups excluding carboxylic acids is 1. The monoisotopic (exact) mass is 305 g/mol. The highest BCUT2D eigenvalue weighted by Crippen LogP contribution is 2.22. The Labute approximate surface area is 116 Å². The van der Waals surface area contributed by atoms with Crippen molar-refractivity contribution in [3.63, 3.8) is 0 Å². The van der Waals surface area contributed by atoms with Crippen molar-refractivity contribution in [2.24, 2.45) is 0 Å². The molecule has 1 saturated heterocycles. The molecule has 1 atom stereocenters. The van der Waals surface area contributed by atoms with Gasteiger partial charge < -0.3 is 4.90 Å². The van der Waals surface area contributed by atoms with Gasteiger partial charge in [-0.25, -0.2) is 12.8 Å². The van der Waals surface area contributed by atoms with Gasteiger partial charge >= 0.3 is 0 Å². The van der Waals surface area contributed by atoms with E-state index in [2.05, 4.69) is 0 Å². The Balaban J connectivity index is 2.20. The van der Waals surface area contributed by atoms with Crippen LogP contribution in [0.2, 0.25) is 5.02 Å². The number of nitrogens with zero attached hydrogens (tertiary/aromatic N) is 1. The standard InChI is InChI=1S/C12H13ClFNO3S/c1-15(9-4-5-19(17,18)7-9)12(16)10-3-2-8(14)6-11(10)13/h2-3,6,9H,4-5,7H2,1H3. The molecule has 1 fully saturated rings. The first-order valence-electron chi connectivity index (χ1n) is 5.73. The van der Waals surface area contributed by atoms with E-state index in [9.17, 15) is 17.6 Å². The summed E-state index contributed by atoms with van der Waals surface area (Å²) < 4.78 is 35.7. The van der Waals surface area contributed by atoms with Crippen molar-refractivity contribution in [1.29, 1.82) is 0 Å². The minimum Gasteiger partial charge on any atom is -0.338 e. The van der Waals surface area contributed by atoms with E-state index in [4.69, 9.17) is 11.6 Å². The number of benzene rings is 1. The fraction of sp³-hybridized carbons (Fsp3) is 0.417. The van der Waals surface area contributed by atoms with Gasteiger partial charge in [0.1, 0.15) is 5.82 Å². The zero-order valence-electron chi connectivity index (χ0n) is 10.3. The summed E-state index contributed by atoms with van der Waals surface area (Å²) in [6.45, 7) is 0. The van der Waals surface area contributed by atoms with Gasteiger partial charge in [-0.05, 0) is 24.6 Å². The van der Waals surface area contributed by atoms with Crippen LogP contribution in [0.3, 0.4) is 0 Å². The predicted molar refractivity (Wildman–Crippen MR) is 70.6 cm³/mol.